The minimum absolute atomic E-state index is 0.123. The van der Waals surface area contributed by atoms with E-state index in [4.69, 9.17) is 9.47 Å². The lowest BCUT2D eigenvalue weighted by atomic mass is 10.1. The van der Waals surface area contributed by atoms with Gasteiger partial charge in [-0.05, 0) is 49.7 Å². The summed E-state index contributed by atoms with van der Waals surface area (Å²) < 4.78 is 9.82. The van der Waals surface area contributed by atoms with Crippen LogP contribution < -0.4 is 10.2 Å². The molecular weight excluding hydrogens is 366 g/mol. The quantitative estimate of drug-likeness (QED) is 0.240. The van der Waals surface area contributed by atoms with Gasteiger partial charge in [0.05, 0.1) is 25.4 Å². The van der Waals surface area contributed by atoms with Crippen molar-refractivity contribution in [1.29, 1.82) is 0 Å². The van der Waals surface area contributed by atoms with Crippen molar-refractivity contribution in [2.24, 2.45) is 4.99 Å². The van der Waals surface area contributed by atoms with Crippen LogP contribution in [0.25, 0.3) is 0 Å². The van der Waals surface area contributed by atoms with E-state index in [9.17, 15) is 9.59 Å². The Bertz CT molecular complexity index is 771. The maximum absolute atomic E-state index is 11.9. The van der Waals surface area contributed by atoms with Gasteiger partial charge in [-0.1, -0.05) is 6.07 Å². The number of aliphatic imine (C=N–C) groups is 1. The van der Waals surface area contributed by atoms with Crippen LogP contribution in [0.2, 0.25) is 0 Å². The number of benzene rings is 1. The molecule has 2 aliphatic rings. The van der Waals surface area contributed by atoms with E-state index in [1.54, 1.807) is 25.6 Å². The van der Waals surface area contributed by atoms with Crippen LogP contribution >= 0.6 is 11.8 Å². The standard InChI is InChI=1S/C19H23N3O4S/c1-3-25-17(23)14(18(24)26-4-2)12-20-8-7-13-5-6-16-15(11-13)22-10-9-21-19(22)27-16/h5-6,11-12,20H,3-4,7-10H2,1-2H3. The van der Waals surface area contributed by atoms with E-state index in [2.05, 4.69) is 33.4 Å². The third-order valence-electron chi connectivity index (χ3n) is 4.11. The lowest BCUT2D eigenvalue weighted by molar-refractivity contribution is -0.146. The Hall–Kier alpha value is -2.48. The van der Waals surface area contributed by atoms with Crippen LogP contribution in [0, 0.1) is 0 Å². The largest absolute Gasteiger partial charge is 0.462 e. The molecule has 0 aromatic heterocycles. The fourth-order valence-electron chi connectivity index (χ4n) is 2.86. The van der Waals surface area contributed by atoms with Gasteiger partial charge in [0.2, 0.25) is 0 Å². The lowest BCUT2D eigenvalue weighted by Gasteiger charge is -2.13. The highest BCUT2D eigenvalue weighted by Crippen LogP contribution is 2.42. The predicted octanol–water partition coefficient (Wildman–Crippen LogP) is 2.11. The molecule has 0 saturated heterocycles. The molecule has 0 radical (unpaired) electrons. The molecule has 0 unspecified atom stereocenters. The van der Waals surface area contributed by atoms with E-state index in [0.29, 0.717) is 6.54 Å². The van der Waals surface area contributed by atoms with Crippen LogP contribution in [0.3, 0.4) is 0 Å². The molecule has 1 aromatic carbocycles. The molecule has 1 N–H and O–H groups in total. The van der Waals surface area contributed by atoms with Crippen LogP contribution in [-0.4, -0.2) is 50.0 Å². The summed E-state index contributed by atoms with van der Waals surface area (Å²) in [7, 11) is 0. The van der Waals surface area contributed by atoms with Gasteiger partial charge < -0.3 is 19.7 Å². The highest BCUT2D eigenvalue weighted by molar-refractivity contribution is 8.14. The number of hydrogen-bond donors (Lipinski definition) is 1. The van der Waals surface area contributed by atoms with E-state index in [0.717, 1.165) is 24.7 Å². The third kappa shape index (κ3) is 4.44. The number of amidine groups is 1. The van der Waals surface area contributed by atoms with Crippen LogP contribution in [0.4, 0.5) is 5.69 Å². The first-order valence-electron chi connectivity index (χ1n) is 9.04. The number of nitrogens with zero attached hydrogens (tertiary/aromatic N) is 2. The number of carbonyl (C=O) groups excluding carboxylic acids is 2. The van der Waals surface area contributed by atoms with Gasteiger partial charge in [-0.2, -0.15) is 0 Å². The summed E-state index contributed by atoms with van der Waals surface area (Å²) >= 11 is 1.71. The van der Waals surface area contributed by atoms with Gasteiger partial charge in [0.25, 0.3) is 0 Å². The van der Waals surface area contributed by atoms with Crippen molar-refractivity contribution in [2.45, 2.75) is 25.2 Å². The van der Waals surface area contributed by atoms with Crippen molar-refractivity contribution in [3.63, 3.8) is 0 Å². The Morgan fingerprint density at radius 2 is 2.00 bits per heavy atom. The molecule has 2 aliphatic heterocycles. The molecule has 0 spiro atoms. The fourth-order valence-corrected chi connectivity index (χ4v) is 3.92. The first-order chi connectivity index (χ1) is 13.1. The molecule has 27 heavy (non-hydrogen) atoms. The molecular formula is C19H23N3O4S. The molecule has 0 saturated carbocycles. The first kappa shape index (κ1) is 19.3. The molecule has 0 aliphatic carbocycles. The van der Waals surface area contributed by atoms with Crippen molar-refractivity contribution in [1.82, 2.24) is 5.32 Å². The van der Waals surface area contributed by atoms with Gasteiger partial charge >= 0.3 is 11.9 Å². The van der Waals surface area contributed by atoms with Crippen LogP contribution in [0.15, 0.2) is 39.9 Å². The number of nitrogens with one attached hydrogen (secondary N) is 1. The third-order valence-corrected chi connectivity index (χ3v) is 5.21. The number of ether oxygens (including phenoxy) is 2. The normalized spacial score (nSPS) is 14.1. The lowest BCUT2D eigenvalue weighted by Crippen LogP contribution is -2.22. The Morgan fingerprint density at radius 3 is 2.70 bits per heavy atom. The molecule has 7 nitrogen and oxygen atoms in total. The zero-order valence-electron chi connectivity index (χ0n) is 15.5. The van der Waals surface area contributed by atoms with Crippen LogP contribution in [0.1, 0.15) is 19.4 Å². The van der Waals surface area contributed by atoms with Gasteiger partial charge in [0, 0.05) is 24.2 Å². The van der Waals surface area contributed by atoms with Crippen molar-refractivity contribution >= 4 is 34.6 Å². The van der Waals surface area contributed by atoms with Crippen molar-refractivity contribution in [3.05, 3.63) is 35.5 Å². The monoisotopic (exact) mass is 389 g/mol. The maximum Gasteiger partial charge on any atom is 0.347 e. The summed E-state index contributed by atoms with van der Waals surface area (Å²) in [4.78, 5) is 31.8. The summed E-state index contributed by atoms with van der Waals surface area (Å²) in [5, 5.41) is 4.10. The Labute approximate surface area is 162 Å². The van der Waals surface area contributed by atoms with Crippen molar-refractivity contribution in [3.8, 4) is 0 Å². The summed E-state index contributed by atoms with van der Waals surface area (Å²) in [5.74, 6) is -1.36. The zero-order chi connectivity index (χ0) is 19.2. The first-order valence-corrected chi connectivity index (χ1v) is 9.86. The molecule has 0 bridgehead atoms. The smallest absolute Gasteiger partial charge is 0.347 e. The molecule has 0 fully saturated rings. The zero-order valence-corrected chi connectivity index (χ0v) is 16.3. The van der Waals surface area contributed by atoms with E-state index < -0.39 is 11.9 Å². The number of hydrogen-bond acceptors (Lipinski definition) is 8. The molecule has 0 amide bonds. The molecule has 8 heteroatoms. The number of rotatable bonds is 8. The Balaban J connectivity index is 1.59. The van der Waals surface area contributed by atoms with E-state index >= 15 is 0 Å². The molecule has 0 atom stereocenters. The molecule has 3 rings (SSSR count). The maximum atomic E-state index is 11.9. The average Bonchev–Trinajstić information content (AvgIpc) is 3.23. The SMILES string of the molecule is CCOC(=O)C(=CNCCc1ccc2c(c1)N1CCN=C1S2)C(=O)OCC. The van der Waals surface area contributed by atoms with Crippen molar-refractivity contribution in [2.75, 3.05) is 37.7 Å². The van der Waals surface area contributed by atoms with Gasteiger partial charge in [0.15, 0.2) is 10.7 Å². The highest BCUT2D eigenvalue weighted by Gasteiger charge is 2.29. The average molecular weight is 389 g/mol. The second-order valence-corrected chi connectivity index (χ2v) is 6.93. The van der Waals surface area contributed by atoms with E-state index in [-0.39, 0.29) is 18.8 Å². The van der Waals surface area contributed by atoms with Gasteiger partial charge in [-0.15, -0.1) is 0 Å². The van der Waals surface area contributed by atoms with E-state index in [1.807, 2.05) is 0 Å². The Kier molecular flexibility index (Phi) is 6.39. The number of thioether (sulfide) groups is 1. The molecule has 1 aromatic rings. The topological polar surface area (TPSA) is 80.2 Å². The number of esters is 2. The Morgan fingerprint density at radius 1 is 1.26 bits per heavy atom. The number of fused-ring (bicyclic) bond motifs is 3. The van der Waals surface area contributed by atoms with Gasteiger partial charge in [-0.3, -0.25) is 4.99 Å². The van der Waals surface area contributed by atoms with Gasteiger partial charge in [0.1, 0.15) is 0 Å². The van der Waals surface area contributed by atoms with E-state index in [1.165, 1.54) is 22.3 Å². The molecule has 144 valence electrons. The predicted molar refractivity (Wildman–Crippen MR) is 105 cm³/mol. The fraction of sp³-hybridized carbons (Fsp3) is 0.421. The second-order valence-electron chi connectivity index (χ2n) is 5.92. The van der Waals surface area contributed by atoms with Gasteiger partial charge in [-0.25, -0.2) is 9.59 Å². The summed E-state index contributed by atoms with van der Waals surface area (Å²) in [5.41, 5.74) is 2.27. The van der Waals surface area contributed by atoms with Crippen molar-refractivity contribution < 1.29 is 19.1 Å². The summed E-state index contributed by atoms with van der Waals surface area (Å²) in [6, 6.07) is 6.39. The highest BCUT2D eigenvalue weighted by atomic mass is 32.2. The molecule has 2 heterocycles. The number of carbonyl (C=O) groups is 2. The van der Waals surface area contributed by atoms with Crippen LogP contribution in [0.5, 0.6) is 0 Å². The second kappa shape index (κ2) is 8.94. The summed E-state index contributed by atoms with van der Waals surface area (Å²) in [6.45, 7) is 6.14. The minimum atomic E-state index is -0.682. The van der Waals surface area contributed by atoms with Crippen LogP contribution in [-0.2, 0) is 25.5 Å². The number of anilines is 1. The summed E-state index contributed by atoms with van der Waals surface area (Å²) in [6.07, 6.45) is 2.14. The minimum Gasteiger partial charge on any atom is -0.462 e.